The van der Waals surface area contributed by atoms with E-state index in [4.69, 9.17) is 14.2 Å². The van der Waals surface area contributed by atoms with Crippen LogP contribution in [0, 0.1) is 6.92 Å². The smallest absolute Gasteiger partial charge is 0.203 e. The van der Waals surface area contributed by atoms with Gasteiger partial charge in [0.15, 0.2) is 11.5 Å². The summed E-state index contributed by atoms with van der Waals surface area (Å²) in [4.78, 5) is 11.4. The molecule has 0 fully saturated rings. The van der Waals surface area contributed by atoms with E-state index in [-0.39, 0.29) is 0 Å². The van der Waals surface area contributed by atoms with Crippen LogP contribution in [-0.2, 0) is 0 Å². The van der Waals surface area contributed by atoms with Crippen molar-refractivity contribution >= 4 is 17.3 Å². The molecule has 0 bridgehead atoms. The van der Waals surface area contributed by atoms with Crippen molar-refractivity contribution in [3.8, 4) is 17.2 Å². The van der Waals surface area contributed by atoms with Crippen LogP contribution in [0.25, 0.3) is 0 Å². The van der Waals surface area contributed by atoms with Gasteiger partial charge in [0.25, 0.3) is 0 Å². The minimum atomic E-state index is 0.558. The van der Waals surface area contributed by atoms with Crippen LogP contribution < -0.4 is 24.4 Å². The molecule has 2 aromatic rings. The third-order valence-corrected chi connectivity index (χ3v) is 4.07. The standard InChI is InChI=1S/C20H30N4O3/c1-7-9-24(10-8-2)19-13-18(21-14(3)22-19)23-15-11-16(25-4)20(27-6)17(12-15)26-5/h11-13H,7-10H2,1-6H3,(H,21,22,23). The summed E-state index contributed by atoms with van der Waals surface area (Å²) in [5.74, 6) is 4.11. The van der Waals surface area contributed by atoms with Crippen LogP contribution in [0.4, 0.5) is 17.3 Å². The summed E-state index contributed by atoms with van der Waals surface area (Å²) in [6, 6.07) is 5.68. The third kappa shape index (κ3) is 5.15. The van der Waals surface area contributed by atoms with E-state index in [9.17, 15) is 0 Å². The van der Waals surface area contributed by atoms with Crippen LogP contribution in [0.1, 0.15) is 32.5 Å². The largest absolute Gasteiger partial charge is 0.493 e. The quantitative estimate of drug-likeness (QED) is 0.669. The number of benzene rings is 1. The number of hydrogen-bond acceptors (Lipinski definition) is 7. The molecule has 27 heavy (non-hydrogen) atoms. The van der Waals surface area contributed by atoms with Crippen molar-refractivity contribution < 1.29 is 14.2 Å². The lowest BCUT2D eigenvalue weighted by Crippen LogP contribution is -2.26. The number of anilines is 3. The Balaban J connectivity index is 2.37. The zero-order chi connectivity index (χ0) is 19.8. The van der Waals surface area contributed by atoms with Gasteiger partial charge in [-0.15, -0.1) is 0 Å². The first-order valence-electron chi connectivity index (χ1n) is 9.23. The first-order chi connectivity index (χ1) is 13.1. The number of nitrogens with one attached hydrogen (secondary N) is 1. The number of aryl methyl sites for hydroxylation is 1. The molecule has 1 aromatic carbocycles. The van der Waals surface area contributed by atoms with E-state index >= 15 is 0 Å². The van der Waals surface area contributed by atoms with Crippen LogP contribution in [0.3, 0.4) is 0 Å². The second-order valence-corrected chi connectivity index (χ2v) is 6.18. The van der Waals surface area contributed by atoms with Gasteiger partial charge in [0.2, 0.25) is 5.75 Å². The Morgan fingerprint density at radius 2 is 1.48 bits per heavy atom. The summed E-state index contributed by atoms with van der Waals surface area (Å²) < 4.78 is 16.2. The van der Waals surface area contributed by atoms with E-state index in [0.29, 0.717) is 17.2 Å². The van der Waals surface area contributed by atoms with Gasteiger partial charge >= 0.3 is 0 Å². The summed E-state index contributed by atoms with van der Waals surface area (Å²) in [5, 5.41) is 3.33. The Bertz CT molecular complexity index is 721. The number of nitrogens with zero attached hydrogens (tertiary/aromatic N) is 3. The Labute approximate surface area is 161 Å². The summed E-state index contributed by atoms with van der Waals surface area (Å²) in [7, 11) is 4.78. The van der Waals surface area contributed by atoms with Crippen molar-refractivity contribution in [2.45, 2.75) is 33.6 Å². The van der Waals surface area contributed by atoms with Gasteiger partial charge in [0.1, 0.15) is 17.5 Å². The van der Waals surface area contributed by atoms with Crippen LogP contribution in [0.2, 0.25) is 0 Å². The molecular weight excluding hydrogens is 344 g/mol. The molecule has 1 aromatic heterocycles. The van der Waals surface area contributed by atoms with Gasteiger partial charge in [-0.2, -0.15) is 0 Å². The lowest BCUT2D eigenvalue weighted by atomic mass is 10.2. The molecule has 0 unspecified atom stereocenters. The number of methoxy groups -OCH3 is 3. The van der Waals surface area contributed by atoms with Gasteiger partial charge in [-0.25, -0.2) is 9.97 Å². The van der Waals surface area contributed by atoms with Gasteiger partial charge in [-0.05, 0) is 19.8 Å². The summed E-state index contributed by atoms with van der Waals surface area (Å²) in [6.07, 6.45) is 2.14. The average molecular weight is 374 g/mol. The normalized spacial score (nSPS) is 10.4. The first kappa shape index (κ1) is 20.6. The lowest BCUT2D eigenvalue weighted by Gasteiger charge is -2.23. The topological polar surface area (TPSA) is 68.7 Å². The molecule has 0 spiro atoms. The molecule has 0 amide bonds. The predicted octanol–water partition coefficient (Wildman–Crippen LogP) is 4.18. The maximum absolute atomic E-state index is 5.42. The number of rotatable bonds is 10. The fourth-order valence-electron chi connectivity index (χ4n) is 2.96. The highest BCUT2D eigenvalue weighted by Gasteiger charge is 2.15. The van der Waals surface area contributed by atoms with E-state index in [0.717, 1.165) is 49.1 Å². The summed E-state index contributed by atoms with van der Waals surface area (Å²) in [5.41, 5.74) is 0.797. The Morgan fingerprint density at radius 3 is 1.96 bits per heavy atom. The highest BCUT2D eigenvalue weighted by atomic mass is 16.5. The monoisotopic (exact) mass is 374 g/mol. The predicted molar refractivity (Wildman–Crippen MR) is 109 cm³/mol. The molecule has 0 radical (unpaired) electrons. The zero-order valence-electron chi connectivity index (χ0n) is 17.1. The van der Waals surface area contributed by atoms with Crippen LogP contribution >= 0.6 is 0 Å². The molecule has 148 valence electrons. The average Bonchev–Trinajstić information content (AvgIpc) is 2.66. The minimum Gasteiger partial charge on any atom is -0.493 e. The van der Waals surface area contributed by atoms with Gasteiger partial charge in [0, 0.05) is 37.0 Å². The molecule has 7 nitrogen and oxygen atoms in total. The lowest BCUT2D eigenvalue weighted by molar-refractivity contribution is 0.324. The van der Waals surface area contributed by atoms with Crippen molar-refractivity contribution in [3.63, 3.8) is 0 Å². The van der Waals surface area contributed by atoms with E-state index in [1.54, 1.807) is 21.3 Å². The maximum atomic E-state index is 5.42. The van der Waals surface area contributed by atoms with E-state index in [1.807, 2.05) is 25.1 Å². The number of hydrogen-bond donors (Lipinski definition) is 1. The van der Waals surface area contributed by atoms with Crippen molar-refractivity contribution in [1.82, 2.24) is 9.97 Å². The molecule has 0 saturated heterocycles. The fourth-order valence-corrected chi connectivity index (χ4v) is 2.96. The third-order valence-electron chi connectivity index (χ3n) is 4.07. The van der Waals surface area contributed by atoms with Gasteiger partial charge < -0.3 is 24.4 Å². The van der Waals surface area contributed by atoms with E-state index in [1.165, 1.54) is 0 Å². The van der Waals surface area contributed by atoms with Crippen molar-refractivity contribution in [3.05, 3.63) is 24.0 Å². The maximum Gasteiger partial charge on any atom is 0.203 e. The van der Waals surface area contributed by atoms with Crippen molar-refractivity contribution in [2.75, 3.05) is 44.6 Å². The fraction of sp³-hybridized carbons (Fsp3) is 0.500. The Hall–Kier alpha value is -2.70. The first-order valence-corrected chi connectivity index (χ1v) is 9.23. The molecule has 0 saturated carbocycles. The highest BCUT2D eigenvalue weighted by Crippen LogP contribution is 2.40. The van der Waals surface area contributed by atoms with Crippen molar-refractivity contribution in [2.24, 2.45) is 0 Å². The van der Waals surface area contributed by atoms with Gasteiger partial charge in [0.05, 0.1) is 21.3 Å². The van der Waals surface area contributed by atoms with Gasteiger partial charge in [-0.1, -0.05) is 13.8 Å². The van der Waals surface area contributed by atoms with Gasteiger partial charge in [-0.3, -0.25) is 0 Å². The molecule has 0 aliphatic heterocycles. The second kappa shape index (κ2) is 9.85. The molecule has 7 heteroatoms. The summed E-state index contributed by atoms with van der Waals surface area (Å²) >= 11 is 0. The SMILES string of the molecule is CCCN(CCC)c1cc(Nc2cc(OC)c(OC)c(OC)c2)nc(C)n1. The zero-order valence-corrected chi connectivity index (χ0v) is 17.1. The van der Waals surface area contributed by atoms with Crippen LogP contribution in [-0.4, -0.2) is 44.4 Å². The summed E-state index contributed by atoms with van der Waals surface area (Å²) in [6.45, 7) is 8.18. The highest BCUT2D eigenvalue weighted by molar-refractivity contribution is 5.67. The van der Waals surface area contributed by atoms with E-state index in [2.05, 4.69) is 34.0 Å². The molecule has 0 aliphatic carbocycles. The van der Waals surface area contributed by atoms with E-state index < -0.39 is 0 Å². The molecular formula is C20H30N4O3. The Morgan fingerprint density at radius 1 is 0.889 bits per heavy atom. The molecule has 1 heterocycles. The number of aromatic nitrogens is 2. The number of ether oxygens (including phenoxy) is 3. The molecule has 2 rings (SSSR count). The van der Waals surface area contributed by atoms with Crippen LogP contribution in [0.15, 0.2) is 18.2 Å². The molecule has 0 aliphatic rings. The van der Waals surface area contributed by atoms with Crippen molar-refractivity contribution in [1.29, 1.82) is 0 Å². The van der Waals surface area contributed by atoms with Crippen LogP contribution in [0.5, 0.6) is 17.2 Å². The second-order valence-electron chi connectivity index (χ2n) is 6.18. The molecule has 1 N–H and O–H groups in total. The minimum absolute atomic E-state index is 0.558. The Kier molecular flexibility index (Phi) is 7.52. The molecule has 0 atom stereocenters.